The number of halogens is 1. The van der Waals surface area contributed by atoms with Gasteiger partial charge >= 0.3 is 0 Å². The molecule has 0 saturated carbocycles. The van der Waals surface area contributed by atoms with Crippen LogP contribution in [0.2, 0.25) is 0 Å². The van der Waals surface area contributed by atoms with Crippen molar-refractivity contribution in [3.8, 4) is 5.75 Å². The van der Waals surface area contributed by atoms with Crippen LogP contribution < -0.4 is 4.74 Å². The average Bonchev–Trinajstić information content (AvgIpc) is 2.69. The molecule has 1 unspecified atom stereocenters. The van der Waals surface area contributed by atoms with Gasteiger partial charge in [-0.2, -0.15) is 0 Å². The van der Waals surface area contributed by atoms with Gasteiger partial charge in [0.2, 0.25) is 5.91 Å². The number of rotatable bonds is 5. The van der Waals surface area contributed by atoms with Crippen molar-refractivity contribution in [3.63, 3.8) is 0 Å². The highest BCUT2D eigenvalue weighted by Gasteiger charge is 2.32. The lowest BCUT2D eigenvalue weighted by molar-refractivity contribution is -0.132. The van der Waals surface area contributed by atoms with Gasteiger partial charge in [0.15, 0.2) is 0 Å². The lowest BCUT2D eigenvalue weighted by atomic mass is 9.96. The molecular weight excluding hydrogens is 297 g/mol. The Hall–Kier alpha value is -1.62. The fraction of sp³-hybridized carbons (Fsp3) is 0.611. The molecule has 5 heteroatoms. The van der Waals surface area contributed by atoms with Crippen molar-refractivity contribution in [1.29, 1.82) is 0 Å². The number of amides is 1. The summed E-state index contributed by atoms with van der Waals surface area (Å²) in [6.45, 7) is 5.45. The smallest absolute Gasteiger partial charge is 0.222 e. The van der Waals surface area contributed by atoms with Gasteiger partial charge in [-0.1, -0.05) is 13.8 Å². The van der Waals surface area contributed by atoms with Gasteiger partial charge in [-0.25, -0.2) is 4.39 Å². The first-order chi connectivity index (χ1) is 10.9. The van der Waals surface area contributed by atoms with E-state index in [1.165, 1.54) is 12.1 Å². The minimum absolute atomic E-state index is 0.156. The second-order valence-corrected chi connectivity index (χ2v) is 6.80. The van der Waals surface area contributed by atoms with Gasteiger partial charge in [-0.15, -0.1) is 0 Å². The summed E-state index contributed by atoms with van der Waals surface area (Å²) in [6, 6.07) is 5.76. The van der Waals surface area contributed by atoms with Crippen LogP contribution in [0.15, 0.2) is 24.3 Å². The molecule has 0 radical (unpaired) electrons. The summed E-state index contributed by atoms with van der Waals surface area (Å²) in [6.07, 6.45) is 2.40. The molecule has 0 aromatic heterocycles. The summed E-state index contributed by atoms with van der Waals surface area (Å²) in [5.74, 6) is 0.719. The number of nitrogens with zero attached hydrogens (tertiary/aromatic N) is 1. The molecule has 0 spiro atoms. The van der Waals surface area contributed by atoms with E-state index >= 15 is 0 Å². The normalized spacial score (nSPS) is 22.0. The molecule has 0 bridgehead atoms. The van der Waals surface area contributed by atoms with Crippen molar-refractivity contribution in [3.05, 3.63) is 30.1 Å². The molecule has 4 nitrogen and oxygen atoms in total. The maximum Gasteiger partial charge on any atom is 0.222 e. The molecule has 2 rings (SSSR count). The van der Waals surface area contributed by atoms with E-state index in [0.717, 1.165) is 6.42 Å². The monoisotopic (exact) mass is 323 g/mol. The average molecular weight is 323 g/mol. The molecule has 23 heavy (non-hydrogen) atoms. The van der Waals surface area contributed by atoms with E-state index in [4.69, 9.17) is 4.74 Å². The number of carbonyl (C=O) groups is 1. The zero-order chi connectivity index (χ0) is 16.9. The third kappa shape index (κ3) is 5.50. The number of ether oxygens (including phenoxy) is 1. The van der Waals surface area contributed by atoms with Gasteiger partial charge in [-0.3, -0.25) is 4.79 Å². The van der Waals surface area contributed by atoms with E-state index in [2.05, 4.69) is 0 Å². The number of likely N-dealkylation sites (tertiary alicyclic amines) is 1. The first kappa shape index (κ1) is 17.7. The molecule has 1 heterocycles. The predicted molar refractivity (Wildman–Crippen MR) is 86.7 cm³/mol. The summed E-state index contributed by atoms with van der Waals surface area (Å²) in [5, 5.41) is 10.7. The Morgan fingerprint density at radius 1 is 1.30 bits per heavy atom. The van der Waals surface area contributed by atoms with Crippen molar-refractivity contribution < 1.29 is 19.0 Å². The van der Waals surface area contributed by atoms with Crippen LogP contribution in [0.1, 0.15) is 39.5 Å². The second-order valence-electron chi connectivity index (χ2n) is 6.80. The largest absolute Gasteiger partial charge is 0.491 e. The standard InChI is InChI=1S/C18H26FNO3/c1-14(2)12-17(21)20-10-3-8-18(22,9-11-20)13-23-16-6-4-15(19)5-7-16/h4-7,14,22H,3,8-13H2,1-2H3. The third-order valence-electron chi connectivity index (χ3n) is 4.17. The SMILES string of the molecule is CC(C)CC(=O)N1CCCC(O)(COc2ccc(F)cc2)CC1. The molecule has 1 aliphatic rings. The van der Waals surface area contributed by atoms with Gasteiger partial charge in [0.05, 0.1) is 0 Å². The van der Waals surface area contributed by atoms with E-state index in [-0.39, 0.29) is 18.3 Å². The Morgan fingerprint density at radius 3 is 2.65 bits per heavy atom. The molecular formula is C18H26FNO3. The van der Waals surface area contributed by atoms with E-state index in [1.807, 2.05) is 18.7 Å². The van der Waals surface area contributed by atoms with Crippen LogP contribution in [-0.4, -0.2) is 41.2 Å². The second kappa shape index (κ2) is 7.77. The van der Waals surface area contributed by atoms with Gasteiger partial charge in [0.1, 0.15) is 23.8 Å². The molecule has 1 aliphatic heterocycles. The molecule has 128 valence electrons. The Kier molecular flexibility index (Phi) is 5.99. The molecule has 1 fully saturated rings. The van der Waals surface area contributed by atoms with Crippen LogP contribution in [0, 0.1) is 11.7 Å². The fourth-order valence-electron chi connectivity index (χ4n) is 2.80. The number of carbonyl (C=O) groups excluding carboxylic acids is 1. The lowest BCUT2D eigenvalue weighted by Crippen LogP contribution is -2.38. The van der Waals surface area contributed by atoms with Crippen molar-refractivity contribution in [2.75, 3.05) is 19.7 Å². The number of aliphatic hydroxyl groups is 1. The Labute approximate surface area is 137 Å². The predicted octanol–water partition coefficient (Wildman–Crippen LogP) is 2.99. The van der Waals surface area contributed by atoms with E-state index in [1.54, 1.807) is 12.1 Å². The summed E-state index contributed by atoms with van der Waals surface area (Å²) in [4.78, 5) is 14.0. The van der Waals surface area contributed by atoms with Gasteiger partial charge < -0.3 is 14.7 Å². The first-order valence-corrected chi connectivity index (χ1v) is 8.26. The van der Waals surface area contributed by atoms with Crippen LogP contribution in [-0.2, 0) is 4.79 Å². The number of hydrogen-bond donors (Lipinski definition) is 1. The minimum atomic E-state index is -0.943. The highest BCUT2D eigenvalue weighted by atomic mass is 19.1. The number of hydrogen-bond acceptors (Lipinski definition) is 3. The topological polar surface area (TPSA) is 49.8 Å². The van der Waals surface area contributed by atoms with Gasteiger partial charge in [-0.05, 0) is 49.4 Å². The van der Waals surface area contributed by atoms with Crippen molar-refractivity contribution in [1.82, 2.24) is 4.90 Å². The molecule has 1 amide bonds. The van der Waals surface area contributed by atoms with E-state index in [9.17, 15) is 14.3 Å². The van der Waals surface area contributed by atoms with Gasteiger partial charge in [0, 0.05) is 19.5 Å². The molecule has 1 saturated heterocycles. The quantitative estimate of drug-likeness (QED) is 0.906. The minimum Gasteiger partial charge on any atom is -0.491 e. The molecule has 0 aliphatic carbocycles. The highest BCUT2D eigenvalue weighted by molar-refractivity contribution is 5.76. The highest BCUT2D eigenvalue weighted by Crippen LogP contribution is 2.24. The lowest BCUT2D eigenvalue weighted by Gasteiger charge is -2.27. The van der Waals surface area contributed by atoms with Crippen molar-refractivity contribution in [2.24, 2.45) is 5.92 Å². The Bertz CT molecular complexity index is 518. The number of benzene rings is 1. The first-order valence-electron chi connectivity index (χ1n) is 8.26. The molecule has 1 atom stereocenters. The summed E-state index contributed by atoms with van der Waals surface area (Å²) in [7, 11) is 0. The zero-order valence-corrected chi connectivity index (χ0v) is 13.9. The fourth-order valence-corrected chi connectivity index (χ4v) is 2.80. The van der Waals surface area contributed by atoms with Gasteiger partial charge in [0.25, 0.3) is 0 Å². The van der Waals surface area contributed by atoms with E-state index < -0.39 is 5.60 Å². The van der Waals surface area contributed by atoms with Crippen molar-refractivity contribution in [2.45, 2.75) is 45.1 Å². The van der Waals surface area contributed by atoms with Crippen LogP contribution in [0.4, 0.5) is 4.39 Å². The summed E-state index contributed by atoms with van der Waals surface area (Å²) in [5.41, 5.74) is -0.943. The Balaban J connectivity index is 1.87. The zero-order valence-electron chi connectivity index (χ0n) is 13.9. The maximum atomic E-state index is 12.9. The molecule has 1 aromatic carbocycles. The Morgan fingerprint density at radius 2 is 2.00 bits per heavy atom. The maximum absolute atomic E-state index is 12.9. The van der Waals surface area contributed by atoms with E-state index in [0.29, 0.717) is 44.0 Å². The summed E-state index contributed by atoms with van der Waals surface area (Å²) >= 11 is 0. The van der Waals surface area contributed by atoms with Crippen molar-refractivity contribution >= 4 is 5.91 Å². The third-order valence-corrected chi connectivity index (χ3v) is 4.17. The summed E-state index contributed by atoms with van der Waals surface area (Å²) < 4.78 is 18.5. The van der Waals surface area contributed by atoms with Crippen LogP contribution in [0.5, 0.6) is 5.75 Å². The molecule has 1 aromatic rings. The molecule has 1 N–H and O–H groups in total. The van der Waals surface area contributed by atoms with Crippen LogP contribution in [0.3, 0.4) is 0 Å². The van der Waals surface area contributed by atoms with Crippen LogP contribution >= 0.6 is 0 Å². The van der Waals surface area contributed by atoms with Crippen LogP contribution in [0.25, 0.3) is 0 Å².